The van der Waals surface area contributed by atoms with Crippen molar-refractivity contribution in [2.45, 2.75) is 19.0 Å². The van der Waals surface area contributed by atoms with E-state index in [2.05, 4.69) is 5.32 Å². The minimum Gasteiger partial charge on any atom is -0.355 e. The molecule has 2 aromatic rings. The Morgan fingerprint density at radius 3 is 2.04 bits per heavy atom. The second-order valence-corrected chi connectivity index (χ2v) is 5.10. The SMILES string of the molecule is O=C(Cc1ccc(C(F)(F)F)cc1)NCCc1ccc(F)cc1. The lowest BCUT2D eigenvalue weighted by Gasteiger charge is -2.08. The van der Waals surface area contributed by atoms with Crippen molar-refractivity contribution in [2.24, 2.45) is 0 Å². The Morgan fingerprint density at radius 2 is 1.48 bits per heavy atom. The van der Waals surface area contributed by atoms with Crippen LogP contribution >= 0.6 is 0 Å². The van der Waals surface area contributed by atoms with Crippen molar-refractivity contribution in [1.29, 1.82) is 0 Å². The van der Waals surface area contributed by atoms with Crippen molar-refractivity contribution in [3.63, 3.8) is 0 Å². The van der Waals surface area contributed by atoms with Gasteiger partial charge in [0.05, 0.1) is 12.0 Å². The zero-order valence-electron chi connectivity index (χ0n) is 12.2. The fraction of sp³-hybridized carbons (Fsp3) is 0.235. The van der Waals surface area contributed by atoms with Crippen molar-refractivity contribution in [3.05, 3.63) is 71.0 Å². The standard InChI is InChI=1S/C17H15F4NO/c18-15-7-3-12(4-8-15)9-10-22-16(23)11-13-1-5-14(6-2-13)17(19,20)21/h1-8H,9-11H2,(H,22,23). The van der Waals surface area contributed by atoms with Crippen LogP contribution in [0.15, 0.2) is 48.5 Å². The van der Waals surface area contributed by atoms with Crippen LogP contribution in [0.5, 0.6) is 0 Å². The van der Waals surface area contributed by atoms with Crippen molar-refractivity contribution in [2.75, 3.05) is 6.54 Å². The van der Waals surface area contributed by atoms with E-state index in [4.69, 9.17) is 0 Å². The molecule has 1 amide bonds. The van der Waals surface area contributed by atoms with Gasteiger partial charge in [0.1, 0.15) is 5.82 Å². The number of alkyl halides is 3. The van der Waals surface area contributed by atoms with Gasteiger partial charge in [-0.3, -0.25) is 4.79 Å². The fourth-order valence-electron chi connectivity index (χ4n) is 2.06. The molecular weight excluding hydrogens is 310 g/mol. The Kier molecular flexibility index (Phi) is 5.36. The lowest BCUT2D eigenvalue weighted by Crippen LogP contribution is -2.27. The number of rotatable bonds is 5. The molecule has 122 valence electrons. The normalized spacial score (nSPS) is 11.3. The molecule has 0 unspecified atom stereocenters. The molecule has 0 aliphatic carbocycles. The molecule has 0 saturated heterocycles. The van der Waals surface area contributed by atoms with Crippen LogP contribution in [0.2, 0.25) is 0 Å². The molecule has 2 nitrogen and oxygen atoms in total. The van der Waals surface area contributed by atoms with E-state index >= 15 is 0 Å². The molecule has 0 spiro atoms. The average molecular weight is 325 g/mol. The van der Waals surface area contributed by atoms with Gasteiger partial charge in [-0.2, -0.15) is 13.2 Å². The highest BCUT2D eigenvalue weighted by molar-refractivity contribution is 5.78. The molecule has 0 aliphatic rings. The van der Waals surface area contributed by atoms with Gasteiger partial charge in [0.2, 0.25) is 5.91 Å². The van der Waals surface area contributed by atoms with Crippen LogP contribution in [0.1, 0.15) is 16.7 Å². The van der Waals surface area contributed by atoms with Gasteiger partial charge in [-0.25, -0.2) is 4.39 Å². The lowest BCUT2D eigenvalue weighted by atomic mass is 10.1. The van der Waals surface area contributed by atoms with E-state index in [0.717, 1.165) is 17.7 Å². The van der Waals surface area contributed by atoms with Gasteiger partial charge in [-0.15, -0.1) is 0 Å². The third-order valence-electron chi connectivity index (χ3n) is 3.30. The van der Waals surface area contributed by atoms with Crippen LogP contribution in [-0.4, -0.2) is 12.5 Å². The number of amides is 1. The predicted octanol–water partition coefficient (Wildman–Crippen LogP) is 3.75. The number of hydrogen-bond donors (Lipinski definition) is 1. The highest BCUT2D eigenvalue weighted by atomic mass is 19.4. The second kappa shape index (κ2) is 7.26. The maximum Gasteiger partial charge on any atom is 0.416 e. The van der Waals surface area contributed by atoms with E-state index in [1.807, 2.05) is 0 Å². The third kappa shape index (κ3) is 5.39. The first-order valence-corrected chi connectivity index (χ1v) is 7.02. The first-order chi connectivity index (χ1) is 10.8. The molecule has 2 aromatic carbocycles. The number of halogens is 4. The van der Waals surface area contributed by atoms with Crippen LogP contribution in [0.25, 0.3) is 0 Å². The largest absolute Gasteiger partial charge is 0.416 e. The molecule has 0 atom stereocenters. The molecule has 23 heavy (non-hydrogen) atoms. The fourth-order valence-corrected chi connectivity index (χ4v) is 2.06. The van der Waals surface area contributed by atoms with Gasteiger partial charge in [-0.1, -0.05) is 24.3 Å². The van der Waals surface area contributed by atoms with Gasteiger partial charge >= 0.3 is 6.18 Å². The monoisotopic (exact) mass is 325 g/mol. The average Bonchev–Trinajstić information content (AvgIpc) is 2.49. The van der Waals surface area contributed by atoms with E-state index in [0.29, 0.717) is 18.5 Å². The summed E-state index contributed by atoms with van der Waals surface area (Å²) in [5, 5.41) is 2.68. The van der Waals surface area contributed by atoms with Crippen molar-refractivity contribution in [1.82, 2.24) is 5.32 Å². The van der Waals surface area contributed by atoms with Crippen molar-refractivity contribution >= 4 is 5.91 Å². The highest BCUT2D eigenvalue weighted by Gasteiger charge is 2.29. The number of benzene rings is 2. The van der Waals surface area contributed by atoms with Crippen LogP contribution < -0.4 is 5.32 Å². The van der Waals surface area contributed by atoms with Crippen molar-refractivity contribution < 1.29 is 22.4 Å². The molecule has 0 bridgehead atoms. The summed E-state index contributed by atoms with van der Waals surface area (Å²) in [6, 6.07) is 10.5. The number of carbonyl (C=O) groups excluding carboxylic acids is 1. The van der Waals surface area contributed by atoms with Gasteiger partial charge in [0.25, 0.3) is 0 Å². The summed E-state index contributed by atoms with van der Waals surface area (Å²) in [7, 11) is 0. The third-order valence-corrected chi connectivity index (χ3v) is 3.30. The second-order valence-electron chi connectivity index (χ2n) is 5.10. The molecular formula is C17H15F4NO. The minimum atomic E-state index is -4.38. The number of nitrogens with one attached hydrogen (secondary N) is 1. The molecule has 0 saturated carbocycles. The van der Waals surface area contributed by atoms with E-state index in [9.17, 15) is 22.4 Å². The van der Waals surface area contributed by atoms with Crippen LogP contribution in [-0.2, 0) is 23.8 Å². The quantitative estimate of drug-likeness (QED) is 0.834. The summed E-state index contributed by atoms with van der Waals surface area (Å²) in [4.78, 5) is 11.7. The number of carbonyl (C=O) groups is 1. The van der Waals surface area contributed by atoms with E-state index in [1.165, 1.54) is 24.3 Å². The molecule has 0 radical (unpaired) electrons. The zero-order chi connectivity index (χ0) is 16.9. The van der Waals surface area contributed by atoms with Crippen LogP contribution in [0, 0.1) is 5.82 Å². The van der Waals surface area contributed by atoms with Gasteiger partial charge < -0.3 is 5.32 Å². The van der Waals surface area contributed by atoms with E-state index in [1.54, 1.807) is 12.1 Å². The smallest absolute Gasteiger partial charge is 0.355 e. The van der Waals surface area contributed by atoms with Crippen LogP contribution in [0.4, 0.5) is 17.6 Å². The Labute approximate surface area is 131 Å². The van der Waals surface area contributed by atoms with Gasteiger partial charge in [-0.05, 0) is 41.8 Å². The Hall–Kier alpha value is -2.37. The maximum atomic E-state index is 12.7. The molecule has 2 rings (SSSR count). The Balaban J connectivity index is 1.79. The topological polar surface area (TPSA) is 29.1 Å². The lowest BCUT2D eigenvalue weighted by molar-refractivity contribution is -0.137. The number of hydrogen-bond acceptors (Lipinski definition) is 1. The zero-order valence-corrected chi connectivity index (χ0v) is 12.2. The van der Waals surface area contributed by atoms with Gasteiger partial charge in [0.15, 0.2) is 0 Å². The Bertz CT molecular complexity index is 648. The van der Waals surface area contributed by atoms with E-state index < -0.39 is 11.7 Å². The summed E-state index contributed by atoms with van der Waals surface area (Å²) in [5.74, 6) is -0.591. The van der Waals surface area contributed by atoms with Crippen molar-refractivity contribution in [3.8, 4) is 0 Å². The predicted molar refractivity (Wildman–Crippen MR) is 78.3 cm³/mol. The molecule has 0 fully saturated rings. The summed E-state index contributed by atoms with van der Waals surface area (Å²) in [6.07, 6.45) is -3.81. The molecule has 1 N–H and O–H groups in total. The summed E-state index contributed by atoms with van der Waals surface area (Å²) in [5.41, 5.74) is 0.663. The molecule has 6 heteroatoms. The summed E-state index contributed by atoms with van der Waals surface area (Å²) in [6.45, 7) is 0.380. The molecule has 0 heterocycles. The minimum absolute atomic E-state index is 0.0154. The maximum absolute atomic E-state index is 12.7. The van der Waals surface area contributed by atoms with E-state index in [-0.39, 0.29) is 18.1 Å². The Morgan fingerprint density at radius 1 is 0.913 bits per heavy atom. The first-order valence-electron chi connectivity index (χ1n) is 7.02. The molecule has 0 aromatic heterocycles. The summed E-state index contributed by atoms with van der Waals surface area (Å²) < 4.78 is 50.0. The van der Waals surface area contributed by atoms with Crippen LogP contribution in [0.3, 0.4) is 0 Å². The molecule has 0 aliphatic heterocycles. The summed E-state index contributed by atoms with van der Waals surface area (Å²) >= 11 is 0. The highest BCUT2D eigenvalue weighted by Crippen LogP contribution is 2.29. The van der Waals surface area contributed by atoms with Gasteiger partial charge in [0, 0.05) is 6.54 Å². The first kappa shape index (κ1) is 17.0.